The summed E-state index contributed by atoms with van der Waals surface area (Å²) in [7, 11) is 0. The highest BCUT2D eigenvalue weighted by molar-refractivity contribution is 8.01. The van der Waals surface area contributed by atoms with E-state index >= 15 is 0 Å². The zero-order valence-corrected chi connectivity index (χ0v) is 11.7. The Morgan fingerprint density at radius 1 is 1.26 bits per heavy atom. The summed E-state index contributed by atoms with van der Waals surface area (Å²) in [6.45, 7) is 5.90. The van der Waals surface area contributed by atoms with Crippen molar-refractivity contribution in [2.45, 2.75) is 31.9 Å². The normalized spacial score (nSPS) is 12.3. The van der Waals surface area contributed by atoms with Crippen LogP contribution < -0.4 is 4.74 Å². The minimum atomic E-state index is -4.75. The molecule has 19 heavy (non-hydrogen) atoms. The van der Waals surface area contributed by atoms with E-state index in [1.165, 1.54) is 30.0 Å². The molecule has 0 N–H and O–H groups in total. The average molecular weight is 292 g/mol. The van der Waals surface area contributed by atoms with Crippen LogP contribution in [0.1, 0.15) is 31.1 Å². The van der Waals surface area contributed by atoms with Gasteiger partial charge in [-0.2, -0.15) is 0 Å². The number of Topliss-reactive ketones (excluding diaryl/α,β-unsaturated/α-hetero) is 1. The SMILES string of the molecule is CC(C)(C)SCC(=O)c1cccc(OC(F)(F)F)c1. The summed E-state index contributed by atoms with van der Waals surface area (Å²) in [6.07, 6.45) is -4.75. The number of halogens is 3. The molecule has 0 unspecified atom stereocenters. The summed E-state index contributed by atoms with van der Waals surface area (Å²) in [5.41, 5.74) is 0.221. The van der Waals surface area contributed by atoms with Crippen LogP contribution >= 0.6 is 11.8 Å². The van der Waals surface area contributed by atoms with Gasteiger partial charge < -0.3 is 4.74 Å². The molecule has 0 atom stereocenters. The molecule has 0 fully saturated rings. The minimum Gasteiger partial charge on any atom is -0.406 e. The first-order chi connectivity index (χ1) is 8.57. The standard InChI is InChI=1S/C13H15F3O2S/c1-12(2,3)19-8-11(17)9-5-4-6-10(7-9)18-13(14,15)16/h4-7H,8H2,1-3H3. The Labute approximate surface area is 114 Å². The Morgan fingerprint density at radius 2 is 1.89 bits per heavy atom. The van der Waals surface area contributed by atoms with Gasteiger partial charge in [0.05, 0.1) is 5.75 Å². The van der Waals surface area contributed by atoms with Gasteiger partial charge in [-0.3, -0.25) is 4.79 Å². The van der Waals surface area contributed by atoms with Crippen LogP contribution in [0.2, 0.25) is 0 Å². The Hall–Kier alpha value is -1.17. The van der Waals surface area contributed by atoms with Gasteiger partial charge in [0.1, 0.15) is 5.75 Å². The molecule has 0 saturated heterocycles. The van der Waals surface area contributed by atoms with Gasteiger partial charge in [0.25, 0.3) is 0 Å². The second kappa shape index (κ2) is 5.86. The molecule has 106 valence electrons. The van der Waals surface area contributed by atoms with Crippen LogP contribution in [0.15, 0.2) is 24.3 Å². The highest BCUT2D eigenvalue weighted by atomic mass is 32.2. The van der Waals surface area contributed by atoms with Crippen molar-refractivity contribution >= 4 is 17.5 Å². The third-order valence-corrected chi connectivity index (χ3v) is 3.30. The fourth-order valence-corrected chi connectivity index (χ4v) is 1.96. The zero-order valence-electron chi connectivity index (χ0n) is 10.9. The molecule has 1 rings (SSSR count). The van der Waals surface area contributed by atoms with Crippen molar-refractivity contribution in [3.8, 4) is 5.75 Å². The number of thioether (sulfide) groups is 1. The molecule has 0 aromatic heterocycles. The molecule has 0 radical (unpaired) electrons. The maximum atomic E-state index is 12.1. The van der Waals surface area contributed by atoms with Crippen molar-refractivity contribution in [1.82, 2.24) is 0 Å². The number of alkyl halides is 3. The van der Waals surface area contributed by atoms with Crippen LogP contribution in [0.5, 0.6) is 5.75 Å². The van der Waals surface area contributed by atoms with Crippen molar-refractivity contribution in [2.24, 2.45) is 0 Å². The number of hydrogen-bond acceptors (Lipinski definition) is 3. The molecule has 6 heteroatoms. The highest BCUT2D eigenvalue weighted by Gasteiger charge is 2.31. The molecule has 0 spiro atoms. The first kappa shape index (κ1) is 15.9. The highest BCUT2D eigenvalue weighted by Crippen LogP contribution is 2.26. The number of carbonyl (C=O) groups excluding carboxylic acids is 1. The second-order valence-electron chi connectivity index (χ2n) is 4.90. The van der Waals surface area contributed by atoms with Gasteiger partial charge in [-0.15, -0.1) is 24.9 Å². The summed E-state index contributed by atoms with van der Waals surface area (Å²) in [6, 6.07) is 5.13. The van der Waals surface area contributed by atoms with E-state index in [0.717, 1.165) is 6.07 Å². The molecule has 0 heterocycles. The van der Waals surface area contributed by atoms with E-state index in [9.17, 15) is 18.0 Å². The largest absolute Gasteiger partial charge is 0.573 e. The van der Waals surface area contributed by atoms with Gasteiger partial charge >= 0.3 is 6.36 Å². The second-order valence-corrected chi connectivity index (χ2v) is 6.70. The monoisotopic (exact) mass is 292 g/mol. The number of rotatable bonds is 4. The van der Waals surface area contributed by atoms with Gasteiger partial charge in [-0.05, 0) is 12.1 Å². The third kappa shape index (κ3) is 6.52. The summed E-state index contributed by atoms with van der Waals surface area (Å²) in [5, 5.41) is 0. The molecule has 0 aliphatic heterocycles. The Morgan fingerprint density at radius 3 is 2.42 bits per heavy atom. The van der Waals surface area contributed by atoms with E-state index in [1.807, 2.05) is 20.8 Å². The predicted molar refractivity (Wildman–Crippen MR) is 69.7 cm³/mol. The molecule has 2 nitrogen and oxygen atoms in total. The van der Waals surface area contributed by atoms with Crippen molar-refractivity contribution in [3.05, 3.63) is 29.8 Å². The number of benzene rings is 1. The molecular weight excluding hydrogens is 277 g/mol. The van der Waals surface area contributed by atoms with Crippen LogP contribution in [0.4, 0.5) is 13.2 Å². The smallest absolute Gasteiger partial charge is 0.406 e. The summed E-state index contributed by atoms with van der Waals surface area (Å²) in [4.78, 5) is 11.9. The quantitative estimate of drug-likeness (QED) is 0.774. The van der Waals surface area contributed by atoms with Gasteiger partial charge in [-0.1, -0.05) is 32.9 Å². The van der Waals surface area contributed by atoms with Gasteiger partial charge in [-0.25, -0.2) is 0 Å². The van der Waals surface area contributed by atoms with E-state index < -0.39 is 6.36 Å². The molecule has 0 amide bonds. The lowest BCUT2D eigenvalue weighted by Crippen LogP contribution is -2.17. The van der Waals surface area contributed by atoms with Crippen molar-refractivity contribution < 1.29 is 22.7 Å². The molecular formula is C13H15F3O2S. The predicted octanol–water partition coefficient (Wildman–Crippen LogP) is 4.30. The summed E-state index contributed by atoms with van der Waals surface area (Å²) < 4.78 is 39.9. The minimum absolute atomic E-state index is 0.0737. The van der Waals surface area contributed by atoms with E-state index in [1.54, 1.807) is 0 Å². The van der Waals surface area contributed by atoms with Crippen LogP contribution in [-0.4, -0.2) is 22.6 Å². The fraction of sp³-hybridized carbons (Fsp3) is 0.462. The molecule has 0 aliphatic carbocycles. The number of hydrogen-bond donors (Lipinski definition) is 0. The number of ether oxygens (including phenoxy) is 1. The van der Waals surface area contributed by atoms with E-state index in [-0.39, 0.29) is 27.6 Å². The third-order valence-electron chi connectivity index (χ3n) is 2.03. The zero-order chi connectivity index (χ0) is 14.7. The molecule has 0 aliphatic rings. The van der Waals surface area contributed by atoms with Gasteiger partial charge in [0.15, 0.2) is 5.78 Å². The lowest BCUT2D eigenvalue weighted by atomic mass is 10.1. The van der Waals surface area contributed by atoms with Gasteiger partial charge in [0.2, 0.25) is 0 Å². The van der Waals surface area contributed by atoms with E-state index in [0.29, 0.717) is 0 Å². The fourth-order valence-electron chi connectivity index (χ4n) is 1.23. The van der Waals surface area contributed by atoms with Crippen molar-refractivity contribution in [1.29, 1.82) is 0 Å². The van der Waals surface area contributed by atoms with Crippen molar-refractivity contribution in [2.75, 3.05) is 5.75 Å². The molecule has 0 bridgehead atoms. The molecule has 1 aromatic rings. The lowest BCUT2D eigenvalue weighted by molar-refractivity contribution is -0.274. The first-order valence-electron chi connectivity index (χ1n) is 5.60. The maximum absolute atomic E-state index is 12.1. The number of carbonyl (C=O) groups is 1. The Kier molecular flexibility index (Phi) is 4.90. The van der Waals surface area contributed by atoms with Gasteiger partial charge in [0, 0.05) is 10.3 Å². The summed E-state index contributed by atoms with van der Waals surface area (Å²) >= 11 is 1.44. The van der Waals surface area contributed by atoms with Crippen LogP contribution in [0.25, 0.3) is 0 Å². The summed E-state index contributed by atoms with van der Waals surface area (Å²) in [5.74, 6) is -0.370. The lowest BCUT2D eigenvalue weighted by Gasteiger charge is -2.16. The molecule has 1 aromatic carbocycles. The topological polar surface area (TPSA) is 26.3 Å². The Bertz CT molecular complexity index is 450. The van der Waals surface area contributed by atoms with E-state index in [4.69, 9.17) is 0 Å². The van der Waals surface area contributed by atoms with Crippen LogP contribution in [-0.2, 0) is 0 Å². The number of ketones is 1. The van der Waals surface area contributed by atoms with E-state index in [2.05, 4.69) is 4.74 Å². The maximum Gasteiger partial charge on any atom is 0.573 e. The van der Waals surface area contributed by atoms with Crippen LogP contribution in [0, 0.1) is 0 Å². The molecule has 0 saturated carbocycles. The Balaban J connectivity index is 2.73. The van der Waals surface area contributed by atoms with Crippen molar-refractivity contribution in [3.63, 3.8) is 0 Å². The first-order valence-corrected chi connectivity index (χ1v) is 6.58. The average Bonchev–Trinajstić information content (AvgIpc) is 2.23. The van der Waals surface area contributed by atoms with Crippen LogP contribution in [0.3, 0.4) is 0 Å².